The second-order valence-corrected chi connectivity index (χ2v) is 13.7. The van der Waals surface area contributed by atoms with Crippen molar-refractivity contribution in [3.63, 3.8) is 0 Å². The number of rotatable bonds is 8. The van der Waals surface area contributed by atoms with E-state index in [0.29, 0.717) is 42.2 Å². The maximum Gasteiger partial charge on any atom is 0.329 e. The smallest absolute Gasteiger partial charge is 0.329 e. The molecule has 0 bridgehead atoms. The van der Waals surface area contributed by atoms with Crippen molar-refractivity contribution < 1.29 is 14.6 Å². The maximum atomic E-state index is 12.7. The molecular formula is C36H43ClN2O3. The van der Waals surface area contributed by atoms with Crippen LogP contribution in [-0.4, -0.2) is 28.2 Å². The second-order valence-electron chi connectivity index (χ2n) is 13.3. The number of carboxylic acid groups (broad SMARTS) is 1. The minimum Gasteiger partial charge on any atom is -0.493 e. The summed E-state index contributed by atoms with van der Waals surface area (Å²) < 4.78 is 6.58. The van der Waals surface area contributed by atoms with Crippen molar-refractivity contribution in [1.29, 1.82) is 0 Å². The van der Waals surface area contributed by atoms with E-state index in [9.17, 15) is 9.90 Å². The number of aromatic nitrogens is 1. The highest BCUT2D eigenvalue weighted by molar-refractivity contribution is 6.30. The van der Waals surface area contributed by atoms with Crippen LogP contribution < -0.4 is 10.1 Å². The monoisotopic (exact) mass is 586 g/mol. The Labute approximate surface area is 255 Å². The Morgan fingerprint density at radius 2 is 1.93 bits per heavy atom. The highest BCUT2D eigenvalue weighted by Crippen LogP contribution is 2.56. The zero-order valence-electron chi connectivity index (χ0n) is 25.1. The third kappa shape index (κ3) is 5.41. The second kappa shape index (κ2) is 11.6. The molecule has 0 saturated heterocycles. The van der Waals surface area contributed by atoms with E-state index in [4.69, 9.17) is 21.3 Å². The molecule has 5 nitrogen and oxygen atoms in total. The molecule has 1 spiro atoms. The minimum absolute atomic E-state index is 0.0131. The van der Waals surface area contributed by atoms with E-state index in [0.717, 1.165) is 49.2 Å². The molecule has 3 aliphatic carbocycles. The number of hydrogen-bond acceptors (Lipinski definition) is 4. The fraction of sp³-hybridized carbons (Fsp3) is 0.500. The first-order valence-corrected chi connectivity index (χ1v) is 16.1. The molecule has 1 saturated carbocycles. The number of nitrogens with zero attached hydrogens (tertiary/aromatic N) is 1. The summed E-state index contributed by atoms with van der Waals surface area (Å²) in [6.45, 7) is 7.36. The van der Waals surface area contributed by atoms with Gasteiger partial charge < -0.3 is 15.2 Å². The number of fused-ring (bicyclic) bond motifs is 3. The number of nitrogens with one attached hydrogen (secondary N) is 1. The van der Waals surface area contributed by atoms with Crippen LogP contribution in [0.5, 0.6) is 5.75 Å². The van der Waals surface area contributed by atoms with Gasteiger partial charge in [0, 0.05) is 33.7 Å². The summed E-state index contributed by atoms with van der Waals surface area (Å²) in [5.41, 5.74) is 6.17. The molecule has 0 radical (unpaired) electrons. The Bertz CT molecular complexity index is 1460. The number of ether oxygens (including phenoxy) is 1. The van der Waals surface area contributed by atoms with Gasteiger partial charge in [-0.25, -0.2) is 4.79 Å². The van der Waals surface area contributed by atoms with Crippen LogP contribution in [0.3, 0.4) is 0 Å². The Kier molecular flexibility index (Phi) is 7.99. The lowest BCUT2D eigenvalue weighted by atomic mass is 9.59. The van der Waals surface area contributed by atoms with Crippen LogP contribution in [0.4, 0.5) is 5.69 Å². The number of anilines is 1. The number of aryl methyl sites for hydroxylation is 2. The molecule has 3 aliphatic rings. The third-order valence-electron chi connectivity index (χ3n) is 10.4. The van der Waals surface area contributed by atoms with Gasteiger partial charge in [0.25, 0.3) is 0 Å². The summed E-state index contributed by atoms with van der Waals surface area (Å²) in [4.78, 5) is 17.6. The van der Waals surface area contributed by atoms with Gasteiger partial charge in [-0.2, -0.15) is 0 Å². The largest absolute Gasteiger partial charge is 0.493 e. The molecule has 1 aromatic heterocycles. The lowest BCUT2D eigenvalue weighted by molar-refractivity contribution is -0.144. The van der Waals surface area contributed by atoms with Crippen molar-refractivity contribution in [2.24, 2.45) is 11.8 Å². The molecule has 1 fully saturated rings. The van der Waals surface area contributed by atoms with Gasteiger partial charge >= 0.3 is 5.97 Å². The average Bonchev–Trinajstić information content (AvgIpc) is 3.25. The molecule has 1 heterocycles. The summed E-state index contributed by atoms with van der Waals surface area (Å²) >= 11 is 6.22. The van der Waals surface area contributed by atoms with Gasteiger partial charge in [0.15, 0.2) is 0 Å². The molecule has 42 heavy (non-hydrogen) atoms. The average molecular weight is 587 g/mol. The Hall–Kier alpha value is -3.05. The van der Waals surface area contributed by atoms with Crippen LogP contribution in [0.1, 0.15) is 92.8 Å². The van der Waals surface area contributed by atoms with E-state index >= 15 is 0 Å². The van der Waals surface area contributed by atoms with Gasteiger partial charge in [0.05, 0.1) is 6.61 Å². The van der Waals surface area contributed by atoms with E-state index in [-0.39, 0.29) is 5.41 Å². The molecular weight excluding hydrogens is 544 g/mol. The van der Waals surface area contributed by atoms with Crippen LogP contribution in [0.15, 0.2) is 54.6 Å². The molecule has 2 N–H and O–H groups in total. The first-order chi connectivity index (χ1) is 20.2. The highest BCUT2D eigenvalue weighted by atomic mass is 35.5. The lowest BCUT2D eigenvalue weighted by Gasteiger charge is -2.47. The number of pyridine rings is 1. The van der Waals surface area contributed by atoms with E-state index in [1.54, 1.807) is 0 Å². The zero-order chi connectivity index (χ0) is 29.5. The van der Waals surface area contributed by atoms with Gasteiger partial charge in [-0.05, 0) is 117 Å². The van der Waals surface area contributed by atoms with Gasteiger partial charge in [-0.15, -0.1) is 0 Å². The first kappa shape index (κ1) is 29.0. The number of halogens is 1. The van der Waals surface area contributed by atoms with Gasteiger partial charge in [-0.1, -0.05) is 55.8 Å². The topological polar surface area (TPSA) is 71.5 Å². The Morgan fingerprint density at radius 1 is 1.14 bits per heavy atom. The van der Waals surface area contributed by atoms with Crippen molar-refractivity contribution in [3.05, 3.63) is 87.7 Å². The standard InChI is InChI=1S/C36H43ClN2O3/c1-23(22-42-32-19-25(3)38-31-13-6-8-24(2)33(31)32)18-27-20-26-9-4-5-12-30(26)35(27)14-16-36(17-15-35,34(40)41)39-29-11-7-10-28(37)21-29/h4-5,7,9-12,19,21,23-24,27,39H,6,8,13-18,20,22H2,1-3H3,(H,40,41)/t23-,24?,27+,35?,36?/m1/s1. The quantitative estimate of drug-likeness (QED) is 0.277. The normalized spacial score (nSPS) is 27.2. The van der Waals surface area contributed by atoms with Crippen molar-refractivity contribution in [1.82, 2.24) is 4.98 Å². The van der Waals surface area contributed by atoms with Crippen molar-refractivity contribution >= 4 is 23.3 Å². The van der Waals surface area contributed by atoms with Gasteiger partial charge in [-0.3, -0.25) is 4.98 Å². The summed E-state index contributed by atoms with van der Waals surface area (Å²) in [5, 5.41) is 14.4. The summed E-state index contributed by atoms with van der Waals surface area (Å²) in [7, 11) is 0. The van der Waals surface area contributed by atoms with Crippen molar-refractivity contribution in [2.45, 2.75) is 95.4 Å². The van der Waals surface area contributed by atoms with Crippen LogP contribution >= 0.6 is 11.6 Å². The predicted octanol–water partition coefficient (Wildman–Crippen LogP) is 8.51. The molecule has 0 aliphatic heterocycles. The van der Waals surface area contributed by atoms with Gasteiger partial charge in [0.2, 0.25) is 0 Å². The Balaban J connectivity index is 1.20. The van der Waals surface area contributed by atoms with Crippen molar-refractivity contribution in [3.8, 4) is 5.75 Å². The van der Waals surface area contributed by atoms with Crippen LogP contribution in [0.2, 0.25) is 5.02 Å². The molecule has 222 valence electrons. The van der Waals surface area contributed by atoms with E-state index < -0.39 is 11.5 Å². The van der Waals surface area contributed by atoms with Crippen LogP contribution in [0, 0.1) is 18.8 Å². The first-order valence-electron chi connectivity index (χ1n) is 15.7. The summed E-state index contributed by atoms with van der Waals surface area (Å²) in [5.74, 6) is 1.56. The number of carboxylic acids is 1. The summed E-state index contributed by atoms with van der Waals surface area (Å²) in [6, 6.07) is 18.4. The highest BCUT2D eigenvalue weighted by Gasteiger charge is 2.54. The molecule has 6 heteroatoms. The predicted molar refractivity (Wildman–Crippen MR) is 169 cm³/mol. The lowest BCUT2D eigenvalue weighted by Crippen LogP contribution is -2.53. The van der Waals surface area contributed by atoms with Crippen LogP contribution in [0.25, 0.3) is 0 Å². The van der Waals surface area contributed by atoms with E-state index in [2.05, 4.69) is 56.4 Å². The van der Waals surface area contributed by atoms with Crippen LogP contribution in [-0.2, 0) is 23.1 Å². The SMILES string of the molecule is Cc1cc(OC[C@H](C)C[C@H]2Cc3ccccc3C23CCC(Nc2cccc(Cl)c2)(C(=O)O)CC3)c2c(n1)CCCC2C. The third-order valence-corrected chi connectivity index (χ3v) is 10.6. The maximum absolute atomic E-state index is 12.7. The van der Waals surface area contributed by atoms with Crippen molar-refractivity contribution in [2.75, 3.05) is 11.9 Å². The van der Waals surface area contributed by atoms with Gasteiger partial charge in [0.1, 0.15) is 11.3 Å². The van der Waals surface area contributed by atoms with E-state index in [1.165, 1.54) is 35.2 Å². The number of aliphatic carboxylic acids is 1. The minimum atomic E-state index is -0.998. The number of carbonyl (C=O) groups is 1. The fourth-order valence-electron chi connectivity index (χ4n) is 8.27. The summed E-state index contributed by atoms with van der Waals surface area (Å²) in [6.07, 6.45) is 8.36. The van der Waals surface area contributed by atoms with E-state index in [1.807, 2.05) is 24.3 Å². The molecule has 1 unspecified atom stereocenters. The fourth-order valence-corrected chi connectivity index (χ4v) is 8.46. The number of hydrogen-bond donors (Lipinski definition) is 2. The number of benzene rings is 2. The molecule has 6 rings (SSSR count). The molecule has 3 atom stereocenters. The Morgan fingerprint density at radius 3 is 2.69 bits per heavy atom. The zero-order valence-corrected chi connectivity index (χ0v) is 25.8. The molecule has 2 aromatic carbocycles. The molecule has 3 aromatic rings. The molecule has 0 amide bonds.